The highest BCUT2D eigenvalue weighted by Gasteiger charge is 2.21. The molecule has 3 rings (SSSR count). The van der Waals surface area contributed by atoms with Crippen molar-refractivity contribution in [2.75, 3.05) is 31.1 Å². The van der Waals surface area contributed by atoms with Crippen LogP contribution in [0.25, 0.3) is 10.2 Å². The molecule has 1 amide bonds. The SMILES string of the molecule is CCN(CC)CCN(C(=O)Cc1ccc(C)c(C)c1)c1nc2c(C)cc(C)cc2s1. The van der Waals surface area contributed by atoms with E-state index in [2.05, 4.69) is 76.8 Å². The Morgan fingerprint density at radius 2 is 1.67 bits per heavy atom. The van der Waals surface area contributed by atoms with E-state index in [4.69, 9.17) is 4.98 Å². The Morgan fingerprint density at radius 1 is 0.933 bits per heavy atom. The zero-order valence-electron chi connectivity index (χ0n) is 19.1. The average molecular weight is 424 g/mol. The lowest BCUT2D eigenvalue weighted by molar-refractivity contribution is -0.118. The minimum atomic E-state index is 0.110. The van der Waals surface area contributed by atoms with Crippen LogP contribution in [0.4, 0.5) is 5.13 Å². The first-order chi connectivity index (χ1) is 14.3. The van der Waals surface area contributed by atoms with Crippen molar-refractivity contribution in [1.82, 2.24) is 9.88 Å². The van der Waals surface area contributed by atoms with E-state index in [0.717, 1.165) is 46.1 Å². The second kappa shape index (κ2) is 9.71. The molecule has 30 heavy (non-hydrogen) atoms. The molecule has 0 aliphatic rings. The Balaban J connectivity index is 1.92. The second-order valence-electron chi connectivity index (χ2n) is 8.09. The molecule has 0 N–H and O–H groups in total. The van der Waals surface area contributed by atoms with Gasteiger partial charge >= 0.3 is 0 Å². The highest BCUT2D eigenvalue weighted by atomic mass is 32.1. The molecule has 0 atom stereocenters. The minimum absolute atomic E-state index is 0.110. The van der Waals surface area contributed by atoms with Gasteiger partial charge in [-0.15, -0.1) is 0 Å². The van der Waals surface area contributed by atoms with Gasteiger partial charge in [-0.2, -0.15) is 0 Å². The van der Waals surface area contributed by atoms with E-state index in [1.54, 1.807) is 11.3 Å². The molecule has 0 saturated heterocycles. The molecule has 1 heterocycles. The van der Waals surface area contributed by atoms with E-state index >= 15 is 0 Å². The number of anilines is 1. The van der Waals surface area contributed by atoms with Crippen LogP contribution in [0.3, 0.4) is 0 Å². The van der Waals surface area contributed by atoms with Crippen molar-refractivity contribution in [3.63, 3.8) is 0 Å². The van der Waals surface area contributed by atoms with E-state index < -0.39 is 0 Å². The van der Waals surface area contributed by atoms with E-state index in [0.29, 0.717) is 13.0 Å². The fraction of sp³-hybridized carbons (Fsp3) is 0.440. The lowest BCUT2D eigenvalue weighted by Gasteiger charge is -2.25. The van der Waals surface area contributed by atoms with Crippen molar-refractivity contribution in [2.45, 2.75) is 48.0 Å². The Kier molecular flexibility index (Phi) is 7.27. The first-order valence-corrected chi connectivity index (χ1v) is 11.6. The van der Waals surface area contributed by atoms with Crippen LogP contribution >= 0.6 is 11.3 Å². The van der Waals surface area contributed by atoms with Crippen LogP contribution in [0.5, 0.6) is 0 Å². The third-order valence-electron chi connectivity index (χ3n) is 5.81. The lowest BCUT2D eigenvalue weighted by atomic mass is 10.0. The summed E-state index contributed by atoms with van der Waals surface area (Å²) in [5.41, 5.74) is 6.93. The van der Waals surface area contributed by atoms with Crippen molar-refractivity contribution in [1.29, 1.82) is 0 Å². The molecule has 5 heteroatoms. The number of likely N-dealkylation sites (N-methyl/N-ethyl adjacent to an activating group) is 1. The van der Waals surface area contributed by atoms with Gasteiger partial charge in [-0.1, -0.05) is 49.4 Å². The maximum atomic E-state index is 13.4. The fourth-order valence-corrected chi connectivity index (χ4v) is 4.95. The monoisotopic (exact) mass is 423 g/mol. The first kappa shape index (κ1) is 22.4. The standard InChI is InChI=1S/C25H33N3OS/c1-7-27(8-2)11-12-28(23(29)16-21-10-9-18(4)19(5)15-21)25-26-24-20(6)13-17(3)14-22(24)30-25/h9-10,13-15H,7-8,11-12,16H2,1-6H3. The van der Waals surface area contributed by atoms with Gasteiger partial charge in [0.2, 0.25) is 5.91 Å². The van der Waals surface area contributed by atoms with Crippen LogP contribution in [-0.2, 0) is 11.2 Å². The molecule has 0 saturated carbocycles. The summed E-state index contributed by atoms with van der Waals surface area (Å²) in [6.45, 7) is 16.2. The largest absolute Gasteiger partial charge is 0.302 e. The summed E-state index contributed by atoms with van der Waals surface area (Å²) < 4.78 is 1.15. The highest BCUT2D eigenvalue weighted by molar-refractivity contribution is 7.22. The van der Waals surface area contributed by atoms with Gasteiger partial charge in [0.25, 0.3) is 0 Å². The average Bonchev–Trinajstić information content (AvgIpc) is 3.12. The number of nitrogens with zero attached hydrogens (tertiary/aromatic N) is 3. The molecular formula is C25H33N3OS. The second-order valence-corrected chi connectivity index (χ2v) is 9.10. The van der Waals surface area contributed by atoms with Crippen LogP contribution in [0.1, 0.15) is 41.7 Å². The van der Waals surface area contributed by atoms with Gasteiger partial charge < -0.3 is 4.90 Å². The quantitative estimate of drug-likeness (QED) is 0.483. The van der Waals surface area contributed by atoms with Crippen LogP contribution in [-0.4, -0.2) is 42.0 Å². The van der Waals surface area contributed by atoms with E-state index in [1.807, 2.05) is 4.90 Å². The van der Waals surface area contributed by atoms with Gasteiger partial charge in [-0.25, -0.2) is 4.98 Å². The third-order valence-corrected chi connectivity index (χ3v) is 6.84. The maximum Gasteiger partial charge on any atom is 0.233 e. The van der Waals surface area contributed by atoms with E-state index in [9.17, 15) is 4.79 Å². The number of amides is 1. The van der Waals surface area contributed by atoms with Gasteiger partial charge in [-0.05, 0) is 74.7 Å². The van der Waals surface area contributed by atoms with Gasteiger partial charge in [0.15, 0.2) is 5.13 Å². The fourth-order valence-electron chi connectivity index (χ4n) is 3.77. The van der Waals surface area contributed by atoms with Crippen molar-refractivity contribution < 1.29 is 4.79 Å². The topological polar surface area (TPSA) is 36.4 Å². The molecule has 3 aromatic rings. The normalized spacial score (nSPS) is 11.4. The van der Waals surface area contributed by atoms with Crippen LogP contribution < -0.4 is 4.90 Å². The Hall–Kier alpha value is -2.24. The van der Waals surface area contributed by atoms with E-state index in [1.165, 1.54) is 16.7 Å². The Labute approximate surface area is 184 Å². The van der Waals surface area contributed by atoms with Crippen molar-refractivity contribution in [2.24, 2.45) is 0 Å². The number of fused-ring (bicyclic) bond motifs is 1. The number of carbonyl (C=O) groups is 1. The number of aryl methyl sites for hydroxylation is 4. The predicted molar refractivity (Wildman–Crippen MR) is 129 cm³/mol. The summed E-state index contributed by atoms with van der Waals surface area (Å²) in [6, 6.07) is 10.6. The molecule has 0 aliphatic carbocycles. The van der Waals surface area contributed by atoms with Crippen molar-refractivity contribution in [3.05, 3.63) is 58.1 Å². The first-order valence-electron chi connectivity index (χ1n) is 10.8. The molecule has 160 valence electrons. The van der Waals surface area contributed by atoms with Gasteiger partial charge in [0.05, 0.1) is 16.6 Å². The number of hydrogen-bond acceptors (Lipinski definition) is 4. The number of hydrogen-bond donors (Lipinski definition) is 0. The number of carbonyl (C=O) groups excluding carboxylic acids is 1. The summed E-state index contributed by atoms with van der Waals surface area (Å²) in [7, 11) is 0. The molecule has 4 nitrogen and oxygen atoms in total. The molecule has 2 aromatic carbocycles. The number of rotatable bonds is 8. The number of thiazole rings is 1. The zero-order chi connectivity index (χ0) is 21.8. The number of aromatic nitrogens is 1. The van der Waals surface area contributed by atoms with Crippen molar-refractivity contribution >= 4 is 32.6 Å². The summed E-state index contributed by atoms with van der Waals surface area (Å²) in [4.78, 5) is 22.5. The predicted octanol–water partition coefficient (Wildman–Crippen LogP) is 5.45. The molecule has 0 radical (unpaired) electrons. The molecule has 0 spiro atoms. The van der Waals surface area contributed by atoms with Gasteiger partial charge in [0, 0.05) is 13.1 Å². The summed E-state index contributed by atoms with van der Waals surface area (Å²) >= 11 is 1.62. The van der Waals surface area contributed by atoms with Crippen molar-refractivity contribution in [3.8, 4) is 0 Å². The molecule has 0 unspecified atom stereocenters. The minimum Gasteiger partial charge on any atom is -0.302 e. The van der Waals surface area contributed by atoms with Crippen LogP contribution in [0.2, 0.25) is 0 Å². The molecule has 0 aliphatic heterocycles. The lowest BCUT2D eigenvalue weighted by Crippen LogP contribution is -2.39. The van der Waals surface area contributed by atoms with Crippen LogP contribution in [0.15, 0.2) is 30.3 Å². The smallest absolute Gasteiger partial charge is 0.233 e. The third kappa shape index (κ3) is 5.08. The molecule has 1 aromatic heterocycles. The maximum absolute atomic E-state index is 13.4. The van der Waals surface area contributed by atoms with Gasteiger partial charge in [-0.3, -0.25) is 9.69 Å². The highest BCUT2D eigenvalue weighted by Crippen LogP contribution is 2.32. The zero-order valence-corrected chi connectivity index (χ0v) is 19.9. The summed E-state index contributed by atoms with van der Waals surface area (Å²) in [5, 5.41) is 0.805. The Morgan fingerprint density at radius 3 is 2.33 bits per heavy atom. The van der Waals surface area contributed by atoms with E-state index in [-0.39, 0.29) is 5.91 Å². The Bertz CT molecular complexity index is 1040. The summed E-state index contributed by atoms with van der Waals surface area (Å²) in [6.07, 6.45) is 0.396. The molecular weight excluding hydrogens is 390 g/mol. The molecule has 0 bridgehead atoms. The van der Waals surface area contributed by atoms with Gasteiger partial charge in [0.1, 0.15) is 0 Å². The summed E-state index contributed by atoms with van der Waals surface area (Å²) in [5.74, 6) is 0.110. The number of benzene rings is 2. The van der Waals surface area contributed by atoms with Crippen LogP contribution in [0, 0.1) is 27.7 Å². The molecule has 0 fully saturated rings.